The van der Waals surface area contributed by atoms with Crippen LogP contribution in [0.5, 0.6) is 0 Å². The van der Waals surface area contributed by atoms with Crippen LogP contribution in [-0.4, -0.2) is 22.0 Å². The van der Waals surface area contributed by atoms with E-state index in [9.17, 15) is 9.59 Å². The molecule has 0 aliphatic rings. The molecule has 0 saturated heterocycles. The molecular formula is C15H14N2O3. The third-order valence-corrected chi connectivity index (χ3v) is 2.78. The Balaban J connectivity index is 2.08. The van der Waals surface area contributed by atoms with Gasteiger partial charge in [0.25, 0.3) is 0 Å². The van der Waals surface area contributed by atoms with E-state index < -0.39 is 5.97 Å². The Morgan fingerprint density at radius 1 is 1.20 bits per heavy atom. The molecule has 102 valence electrons. The molecule has 20 heavy (non-hydrogen) atoms. The number of aromatic nitrogens is 1. The summed E-state index contributed by atoms with van der Waals surface area (Å²) < 4.78 is 0. The second kappa shape index (κ2) is 5.97. The summed E-state index contributed by atoms with van der Waals surface area (Å²) in [5, 5.41) is 11.5. The Morgan fingerprint density at radius 2 is 1.90 bits per heavy atom. The maximum absolute atomic E-state index is 11.9. The van der Waals surface area contributed by atoms with Crippen molar-refractivity contribution < 1.29 is 14.7 Å². The van der Waals surface area contributed by atoms with Crippen molar-refractivity contribution in [1.82, 2.24) is 4.98 Å². The lowest BCUT2D eigenvalue weighted by atomic mass is 10.1. The molecule has 1 aromatic carbocycles. The van der Waals surface area contributed by atoms with Crippen LogP contribution in [0.2, 0.25) is 0 Å². The SMILES string of the molecule is Cc1ccc(CC(=O)Nc2ncccc2C(=O)O)cc1. The molecule has 1 heterocycles. The van der Waals surface area contributed by atoms with Gasteiger partial charge in [-0.2, -0.15) is 0 Å². The van der Waals surface area contributed by atoms with Gasteiger partial charge >= 0.3 is 5.97 Å². The molecule has 1 amide bonds. The molecule has 5 nitrogen and oxygen atoms in total. The molecule has 2 aromatic rings. The molecule has 5 heteroatoms. The van der Waals surface area contributed by atoms with Crippen LogP contribution < -0.4 is 5.32 Å². The van der Waals surface area contributed by atoms with Crippen molar-refractivity contribution in [2.75, 3.05) is 5.32 Å². The van der Waals surface area contributed by atoms with E-state index in [1.807, 2.05) is 31.2 Å². The molecule has 0 atom stereocenters. The van der Waals surface area contributed by atoms with Crippen LogP contribution in [-0.2, 0) is 11.2 Å². The number of carbonyl (C=O) groups excluding carboxylic acids is 1. The number of nitrogens with one attached hydrogen (secondary N) is 1. The summed E-state index contributed by atoms with van der Waals surface area (Å²) >= 11 is 0. The Morgan fingerprint density at radius 3 is 2.55 bits per heavy atom. The zero-order chi connectivity index (χ0) is 14.5. The van der Waals surface area contributed by atoms with Gasteiger partial charge in [0.05, 0.1) is 6.42 Å². The molecule has 0 fully saturated rings. The lowest BCUT2D eigenvalue weighted by Crippen LogP contribution is -2.17. The van der Waals surface area contributed by atoms with Crippen LogP contribution in [0.25, 0.3) is 0 Å². The summed E-state index contributed by atoms with van der Waals surface area (Å²) in [5.41, 5.74) is 1.96. The van der Waals surface area contributed by atoms with E-state index >= 15 is 0 Å². The van der Waals surface area contributed by atoms with Crippen molar-refractivity contribution >= 4 is 17.7 Å². The maximum atomic E-state index is 11.9. The largest absolute Gasteiger partial charge is 0.478 e. The average Bonchev–Trinajstić information content (AvgIpc) is 2.41. The number of carboxylic acids is 1. The topological polar surface area (TPSA) is 79.3 Å². The fraction of sp³-hybridized carbons (Fsp3) is 0.133. The number of amides is 1. The first kappa shape index (κ1) is 13.7. The summed E-state index contributed by atoms with van der Waals surface area (Å²) in [6.07, 6.45) is 1.61. The quantitative estimate of drug-likeness (QED) is 0.893. The van der Waals surface area contributed by atoms with E-state index in [-0.39, 0.29) is 23.7 Å². The van der Waals surface area contributed by atoms with E-state index in [1.54, 1.807) is 0 Å². The third-order valence-electron chi connectivity index (χ3n) is 2.78. The van der Waals surface area contributed by atoms with E-state index in [1.165, 1.54) is 18.3 Å². The minimum atomic E-state index is -1.12. The van der Waals surface area contributed by atoms with E-state index in [0.29, 0.717) is 0 Å². The number of pyridine rings is 1. The smallest absolute Gasteiger partial charge is 0.339 e. The van der Waals surface area contributed by atoms with Crippen molar-refractivity contribution in [3.05, 3.63) is 59.3 Å². The summed E-state index contributed by atoms with van der Waals surface area (Å²) in [4.78, 5) is 26.8. The number of benzene rings is 1. The first-order valence-electron chi connectivity index (χ1n) is 6.10. The number of carboxylic acid groups (broad SMARTS) is 1. The summed E-state index contributed by atoms with van der Waals surface area (Å²) in [7, 11) is 0. The van der Waals surface area contributed by atoms with Gasteiger partial charge in [-0.3, -0.25) is 4.79 Å². The van der Waals surface area contributed by atoms with Gasteiger partial charge in [0.1, 0.15) is 11.4 Å². The van der Waals surface area contributed by atoms with Crippen molar-refractivity contribution in [1.29, 1.82) is 0 Å². The van der Waals surface area contributed by atoms with E-state index in [4.69, 9.17) is 5.11 Å². The van der Waals surface area contributed by atoms with Gasteiger partial charge in [-0.15, -0.1) is 0 Å². The number of aromatic carboxylic acids is 1. The second-order valence-electron chi connectivity index (χ2n) is 4.42. The summed E-state index contributed by atoms with van der Waals surface area (Å²) in [5.74, 6) is -1.35. The zero-order valence-electron chi connectivity index (χ0n) is 11.0. The minimum absolute atomic E-state index is 0.0234. The number of anilines is 1. The molecule has 0 saturated carbocycles. The maximum Gasteiger partial charge on any atom is 0.339 e. The molecular weight excluding hydrogens is 256 g/mol. The first-order chi connectivity index (χ1) is 9.56. The van der Waals surface area contributed by atoms with Crippen LogP contribution in [0.4, 0.5) is 5.82 Å². The summed E-state index contributed by atoms with van der Waals surface area (Å²) in [6, 6.07) is 10.5. The number of nitrogens with zero attached hydrogens (tertiary/aromatic N) is 1. The predicted octanol–water partition coefficient (Wildman–Crippen LogP) is 2.27. The first-order valence-corrected chi connectivity index (χ1v) is 6.10. The van der Waals surface area contributed by atoms with Crippen molar-refractivity contribution in [3.8, 4) is 0 Å². The fourth-order valence-electron chi connectivity index (χ4n) is 1.75. The number of hydrogen-bond donors (Lipinski definition) is 2. The zero-order valence-corrected chi connectivity index (χ0v) is 11.0. The molecule has 2 rings (SSSR count). The van der Waals surface area contributed by atoms with Crippen LogP contribution >= 0.6 is 0 Å². The van der Waals surface area contributed by atoms with E-state index in [2.05, 4.69) is 10.3 Å². The molecule has 0 radical (unpaired) electrons. The lowest BCUT2D eigenvalue weighted by molar-refractivity contribution is -0.115. The Bertz CT molecular complexity index is 636. The van der Waals surface area contributed by atoms with Gasteiger partial charge < -0.3 is 10.4 Å². The molecule has 0 unspecified atom stereocenters. The molecule has 0 aliphatic carbocycles. The Hall–Kier alpha value is -2.69. The van der Waals surface area contributed by atoms with Crippen molar-refractivity contribution in [2.45, 2.75) is 13.3 Å². The molecule has 2 N–H and O–H groups in total. The summed E-state index contributed by atoms with van der Waals surface area (Å²) in [6.45, 7) is 1.97. The molecule has 0 aliphatic heterocycles. The highest BCUT2D eigenvalue weighted by Crippen LogP contribution is 2.12. The fourth-order valence-corrected chi connectivity index (χ4v) is 1.75. The monoisotopic (exact) mass is 270 g/mol. The average molecular weight is 270 g/mol. The van der Waals surface area contributed by atoms with Gasteiger partial charge in [0, 0.05) is 6.20 Å². The lowest BCUT2D eigenvalue weighted by Gasteiger charge is -2.07. The number of carbonyl (C=O) groups is 2. The number of rotatable bonds is 4. The normalized spacial score (nSPS) is 10.1. The highest BCUT2D eigenvalue weighted by molar-refractivity contribution is 5.99. The Kier molecular flexibility index (Phi) is 4.10. The van der Waals surface area contributed by atoms with Crippen LogP contribution in [0.3, 0.4) is 0 Å². The number of hydrogen-bond acceptors (Lipinski definition) is 3. The molecule has 1 aromatic heterocycles. The Labute approximate surface area is 116 Å². The van der Waals surface area contributed by atoms with Crippen LogP contribution in [0.15, 0.2) is 42.6 Å². The van der Waals surface area contributed by atoms with Crippen molar-refractivity contribution in [2.24, 2.45) is 0 Å². The minimum Gasteiger partial charge on any atom is -0.478 e. The van der Waals surface area contributed by atoms with E-state index in [0.717, 1.165) is 11.1 Å². The van der Waals surface area contributed by atoms with Crippen LogP contribution in [0.1, 0.15) is 21.5 Å². The predicted molar refractivity (Wildman–Crippen MR) is 74.7 cm³/mol. The number of aryl methyl sites for hydroxylation is 1. The molecule has 0 bridgehead atoms. The molecule has 0 spiro atoms. The third kappa shape index (κ3) is 3.41. The van der Waals surface area contributed by atoms with Crippen molar-refractivity contribution in [3.63, 3.8) is 0 Å². The van der Waals surface area contributed by atoms with Gasteiger partial charge in [-0.05, 0) is 24.6 Å². The standard InChI is InChI=1S/C15H14N2O3/c1-10-4-6-11(7-5-10)9-13(18)17-14-12(15(19)20)3-2-8-16-14/h2-8H,9H2,1H3,(H,19,20)(H,16,17,18). The van der Waals surface area contributed by atoms with Gasteiger partial charge in [-0.25, -0.2) is 9.78 Å². The van der Waals surface area contributed by atoms with Gasteiger partial charge in [0.2, 0.25) is 5.91 Å². The van der Waals surface area contributed by atoms with Gasteiger partial charge in [-0.1, -0.05) is 29.8 Å². The van der Waals surface area contributed by atoms with Gasteiger partial charge in [0.15, 0.2) is 0 Å². The highest BCUT2D eigenvalue weighted by atomic mass is 16.4. The second-order valence-corrected chi connectivity index (χ2v) is 4.42. The van der Waals surface area contributed by atoms with Crippen LogP contribution in [0, 0.1) is 6.92 Å². The highest BCUT2D eigenvalue weighted by Gasteiger charge is 2.13.